The Balaban J connectivity index is 3.30. The molecule has 0 aromatic carbocycles. The molecule has 0 aromatic heterocycles. The number of Topliss-reactive ketones (excluding diaryl/α,β-unsaturated/α-hetero) is 3. The molecule has 1 fully saturated rings. The third kappa shape index (κ3) is 3.03. The number of hydrogen-bond donors (Lipinski definition) is 0. The molecule has 1 saturated carbocycles. The van der Waals surface area contributed by atoms with Gasteiger partial charge in [-0.2, -0.15) is 26.3 Å². The van der Waals surface area contributed by atoms with Crippen molar-refractivity contribution in [2.45, 2.75) is 41.4 Å². The van der Waals surface area contributed by atoms with Gasteiger partial charge in [0.15, 0.2) is 15.5 Å². The zero-order valence-corrected chi connectivity index (χ0v) is 11.4. The highest BCUT2D eigenvalue weighted by Gasteiger charge is 2.67. The molecular formula is C10H6Cl2F6O3. The highest BCUT2D eigenvalue weighted by molar-refractivity contribution is 6.58. The molecule has 21 heavy (non-hydrogen) atoms. The van der Waals surface area contributed by atoms with Gasteiger partial charge in [-0.3, -0.25) is 14.4 Å². The van der Waals surface area contributed by atoms with Crippen LogP contribution in [0.25, 0.3) is 0 Å². The Hall–Kier alpha value is -0.830. The monoisotopic (exact) mass is 358 g/mol. The standard InChI is InChI=1S/C10H6Cl2F6O3/c11-7(5(20)9(13,14)15)2-1-3-8(12,4(7)19)6(21)10(16,17)18/h1-3H2. The predicted molar refractivity (Wildman–Crippen MR) is 58.2 cm³/mol. The second-order valence-electron chi connectivity index (χ2n) is 4.44. The van der Waals surface area contributed by atoms with E-state index >= 15 is 0 Å². The van der Waals surface area contributed by atoms with Gasteiger partial charge in [-0.25, -0.2) is 0 Å². The lowest BCUT2D eigenvalue weighted by Crippen LogP contribution is -2.62. The van der Waals surface area contributed by atoms with Crippen molar-refractivity contribution >= 4 is 40.6 Å². The van der Waals surface area contributed by atoms with Gasteiger partial charge in [0.05, 0.1) is 0 Å². The SMILES string of the molecule is O=C(C(F)(F)F)C1(Cl)CCCC(Cl)(C(=O)C(F)(F)F)C1=O. The van der Waals surface area contributed by atoms with Gasteiger partial charge in [-0.15, -0.1) is 23.2 Å². The Morgan fingerprint density at radius 2 is 1.14 bits per heavy atom. The minimum absolute atomic E-state index is 0.525. The average Bonchev–Trinajstić information content (AvgIpc) is 2.32. The lowest BCUT2D eigenvalue weighted by atomic mass is 9.74. The fraction of sp³-hybridized carbons (Fsp3) is 0.700. The van der Waals surface area contributed by atoms with Gasteiger partial charge in [0, 0.05) is 0 Å². The number of rotatable bonds is 2. The van der Waals surface area contributed by atoms with Gasteiger partial charge in [0.1, 0.15) is 0 Å². The Kier molecular flexibility index (Phi) is 4.44. The van der Waals surface area contributed by atoms with Crippen molar-refractivity contribution in [2.75, 3.05) is 0 Å². The van der Waals surface area contributed by atoms with Crippen LogP contribution in [0.15, 0.2) is 0 Å². The summed E-state index contributed by atoms with van der Waals surface area (Å²) in [6.07, 6.45) is -13.3. The Morgan fingerprint density at radius 3 is 1.38 bits per heavy atom. The molecule has 1 rings (SSSR count). The summed E-state index contributed by atoms with van der Waals surface area (Å²) in [6, 6.07) is 0. The van der Waals surface area contributed by atoms with E-state index in [0.29, 0.717) is 0 Å². The first-order valence-corrected chi connectivity index (χ1v) is 6.09. The normalized spacial score (nSPS) is 31.1. The zero-order chi connectivity index (χ0) is 16.9. The second-order valence-corrected chi connectivity index (χ2v) is 5.73. The van der Waals surface area contributed by atoms with E-state index in [-0.39, 0.29) is 0 Å². The van der Waals surface area contributed by atoms with Crippen molar-refractivity contribution in [1.29, 1.82) is 0 Å². The van der Waals surface area contributed by atoms with Gasteiger partial charge in [-0.1, -0.05) is 0 Å². The second kappa shape index (κ2) is 5.12. The molecule has 0 amide bonds. The molecule has 0 saturated heterocycles. The summed E-state index contributed by atoms with van der Waals surface area (Å²) >= 11 is 10.6. The van der Waals surface area contributed by atoms with Crippen LogP contribution in [0.1, 0.15) is 19.3 Å². The van der Waals surface area contributed by atoms with Crippen molar-refractivity contribution in [3.63, 3.8) is 0 Å². The first-order valence-electron chi connectivity index (χ1n) is 5.33. The maximum atomic E-state index is 12.4. The molecule has 2 unspecified atom stereocenters. The van der Waals surface area contributed by atoms with E-state index in [4.69, 9.17) is 23.2 Å². The van der Waals surface area contributed by atoms with Crippen molar-refractivity contribution in [1.82, 2.24) is 0 Å². The summed E-state index contributed by atoms with van der Waals surface area (Å²) in [4.78, 5) is 27.6. The minimum atomic E-state index is -5.55. The van der Waals surface area contributed by atoms with Gasteiger partial charge >= 0.3 is 12.4 Å². The Morgan fingerprint density at radius 1 is 0.857 bits per heavy atom. The first kappa shape index (κ1) is 18.2. The first-order chi connectivity index (χ1) is 9.17. The van der Waals surface area contributed by atoms with Crippen LogP contribution in [-0.4, -0.2) is 39.5 Å². The molecule has 0 spiro atoms. The minimum Gasteiger partial charge on any atom is -0.295 e. The molecule has 0 aromatic rings. The number of ketones is 3. The number of carbonyl (C=O) groups excluding carboxylic acids is 3. The molecule has 11 heteroatoms. The number of hydrogen-bond acceptors (Lipinski definition) is 3. The summed E-state index contributed by atoms with van der Waals surface area (Å²) < 4.78 is 74.4. The summed E-state index contributed by atoms with van der Waals surface area (Å²) in [6.45, 7) is 0. The van der Waals surface area contributed by atoms with E-state index in [1.54, 1.807) is 0 Å². The molecule has 1 aliphatic rings. The largest absolute Gasteiger partial charge is 0.452 e. The van der Waals surface area contributed by atoms with Gasteiger partial charge in [-0.05, 0) is 19.3 Å². The maximum Gasteiger partial charge on any atom is 0.452 e. The van der Waals surface area contributed by atoms with Gasteiger partial charge < -0.3 is 0 Å². The summed E-state index contributed by atoms with van der Waals surface area (Å²) in [5.41, 5.74) is 0. The molecule has 0 aliphatic heterocycles. The van der Waals surface area contributed by atoms with Crippen LogP contribution in [-0.2, 0) is 14.4 Å². The van der Waals surface area contributed by atoms with E-state index in [9.17, 15) is 40.7 Å². The van der Waals surface area contributed by atoms with Crippen molar-refractivity contribution in [3.05, 3.63) is 0 Å². The lowest BCUT2D eigenvalue weighted by molar-refractivity contribution is -0.181. The Labute approximate surface area is 123 Å². The van der Waals surface area contributed by atoms with Crippen molar-refractivity contribution in [2.24, 2.45) is 0 Å². The van der Waals surface area contributed by atoms with Crippen molar-refractivity contribution < 1.29 is 40.7 Å². The van der Waals surface area contributed by atoms with E-state index in [2.05, 4.69) is 0 Å². The van der Waals surface area contributed by atoms with Crippen LogP contribution in [0.5, 0.6) is 0 Å². The average molecular weight is 359 g/mol. The number of carbonyl (C=O) groups is 3. The number of alkyl halides is 8. The van der Waals surface area contributed by atoms with Gasteiger partial charge in [0.2, 0.25) is 0 Å². The van der Waals surface area contributed by atoms with E-state index < -0.39 is 58.7 Å². The van der Waals surface area contributed by atoms with E-state index in [1.165, 1.54) is 0 Å². The lowest BCUT2D eigenvalue weighted by Gasteiger charge is -2.37. The summed E-state index contributed by atoms with van der Waals surface area (Å²) in [5.74, 6) is -7.56. The van der Waals surface area contributed by atoms with Crippen LogP contribution in [0.2, 0.25) is 0 Å². The smallest absolute Gasteiger partial charge is 0.295 e. The van der Waals surface area contributed by atoms with Gasteiger partial charge in [0.25, 0.3) is 11.6 Å². The van der Waals surface area contributed by atoms with Crippen LogP contribution < -0.4 is 0 Å². The summed E-state index contributed by atoms with van der Waals surface area (Å²) in [7, 11) is 0. The molecular weight excluding hydrogens is 353 g/mol. The van der Waals surface area contributed by atoms with E-state index in [1.807, 2.05) is 0 Å². The third-order valence-corrected chi connectivity index (χ3v) is 4.06. The molecule has 3 nitrogen and oxygen atoms in total. The van der Waals surface area contributed by atoms with E-state index in [0.717, 1.165) is 0 Å². The topological polar surface area (TPSA) is 51.2 Å². The van der Waals surface area contributed by atoms with Crippen molar-refractivity contribution in [3.8, 4) is 0 Å². The highest BCUT2D eigenvalue weighted by atomic mass is 35.5. The highest BCUT2D eigenvalue weighted by Crippen LogP contribution is 2.46. The molecule has 0 radical (unpaired) electrons. The molecule has 2 atom stereocenters. The zero-order valence-electron chi connectivity index (χ0n) is 9.87. The maximum absolute atomic E-state index is 12.4. The fourth-order valence-corrected chi connectivity index (χ4v) is 2.85. The summed E-state index contributed by atoms with van der Waals surface area (Å²) in [5, 5.41) is 0. The van der Waals surface area contributed by atoms with Crippen LogP contribution >= 0.6 is 23.2 Å². The number of halogens is 8. The quantitative estimate of drug-likeness (QED) is 0.433. The predicted octanol–water partition coefficient (Wildman–Crippen LogP) is 2.96. The Bertz CT molecular complexity index is 458. The fourth-order valence-electron chi connectivity index (χ4n) is 2.00. The molecule has 120 valence electrons. The van der Waals surface area contributed by atoms with Crippen LogP contribution in [0, 0.1) is 0 Å². The molecule has 0 heterocycles. The molecule has 0 N–H and O–H groups in total. The third-order valence-electron chi connectivity index (χ3n) is 3.00. The van der Waals surface area contributed by atoms with Crippen LogP contribution in [0.4, 0.5) is 26.3 Å². The molecule has 1 aliphatic carbocycles. The molecule has 0 bridgehead atoms. The van der Waals surface area contributed by atoms with Crippen LogP contribution in [0.3, 0.4) is 0 Å².